The second kappa shape index (κ2) is 14.3. The van der Waals surface area contributed by atoms with E-state index in [0.717, 1.165) is 22.3 Å². The number of benzene rings is 4. The molecule has 0 aliphatic carbocycles. The Hall–Kier alpha value is -3.95. The SMILES string of the molecule is [N-]=C(CC(=[OH+])c1ccccc1)c1ccccc1.[N-]=C(CC(=[OH+])c1ccccc1)c1ccccc1.[Ni+2]. The van der Waals surface area contributed by atoms with Crippen molar-refractivity contribution < 1.29 is 26.1 Å². The zero-order valence-corrected chi connectivity index (χ0v) is 20.1. The third kappa shape index (κ3) is 8.73. The predicted molar refractivity (Wildman–Crippen MR) is 142 cm³/mol. The Bertz CT molecular complexity index is 1040. The van der Waals surface area contributed by atoms with Crippen molar-refractivity contribution in [3.8, 4) is 0 Å². The maximum Gasteiger partial charge on any atom is 2.00 e. The first kappa shape index (κ1) is 27.3. The molecule has 4 aromatic carbocycles. The van der Waals surface area contributed by atoms with Crippen LogP contribution in [0.2, 0.25) is 0 Å². The summed E-state index contributed by atoms with van der Waals surface area (Å²) in [5.74, 6) is 0.346. The monoisotopic (exact) mass is 504 g/mol. The van der Waals surface area contributed by atoms with Gasteiger partial charge in [0.15, 0.2) is 0 Å². The molecule has 0 fully saturated rings. The first-order chi connectivity index (χ1) is 16.5. The summed E-state index contributed by atoms with van der Waals surface area (Å²) >= 11 is 0. The van der Waals surface area contributed by atoms with Gasteiger partial charge in [-0.25, -0.2) is 0 Å². The minimum Gasteiger partial charge on any atom is -0.807 e. The van der Waals surface area contributed by atoms with Gasteiger partial charge in [0.1, 0.15) is 0 Å². The van der Waals surface area contributed by atoms with Gasteiger partial charge in [0.05, 0.1) is 24.0 Å². The number of carbonyl (C=O) groups excluding carboxylic acids is 2. The van der Waals surface area contributed by atoms with Gasteiger partial charge in [-0.3, -0.25) is 9.59 Å². The summed E-state index contributed by atoms with van der Waals surface area (Å²) in [6, 6.07) is 36.9. The molecule has 0 aromatic heterocycles. The molecular weight excluding hydrogens is 479 g/mol. The smallest absolute Gasteiger partial charge is 0.807 e. The number of rotatable bonds is 8. The van der Waals surface area contributed by atoms with Crippen LogP contribution in [0.3, 0.4) is 0 Å². The van der Waals surface area contributed by atoms with E-state index in [4.69, 9.17) is 0 Å². The second-order valence-electron chi connectivity index (χ2n) is 7.60. The number of hydrogen-bond donors (Lipinski definition) is 0. The summed E-state index contributed by atoms with van der Waals surface area (Å²) in [5.41, 5.74) is 3.27. The maximum absolute atomic E-state index is 9.89. The Balaban J connectivity index is 0.000000240. The van der Waals surface area contributed by atoms with Crippen molar-refractivity contribution in [3.05, 3.63) is 154 Å². The van der Waals surface area contributed by atoms with Crippen LogP contribution in [0.25, 0.3) is 10.8 Å². The molecule has 4 nitrogen and oxygen atoms in total. The van der Waals surface area contributed by atoms with Crippen LogP contribution in [0.15, 0.2) is 121 Å². The van der Waals surface area contributed by atoms with Gasteiger partial charge in [0, 0.05) is 0 Å². The molecule has 35 heavy (non-hydrogen) atoms. The van der Waals surface area contributed by atoms with E-state index in [0.29, 0.717) is 0 Å². The van der Waals surface area contributed by atoms with Crippen LogP contribution in [0.5, 0.6) is 0 Å². The summed E-state index contributed by atoms with van der Waals surface area (Å²) in [6.45, 7) is 0. The van der Waals surface area contributed by atoms with E-state index in [-0.39, 0.29) is 52.3 Å². The molecule has 0 saturated carbocycles. The van der Waals surface area contributed by atoms with E-state index in [2.05, 4.69) is 0 Å². The van der Waals surface area contributed by atoms with Gasteiger partial charge in [-0.2, -0.15) is 11.4 Å². The van der Waals surface area contributed by atoms with Gasteiger partial charge in [-0.05, 0) is 35.4 Å². The first-order valence-corrected chi connectivity index (χ1v) is 11.0. The van der Waals surface area contributed by atoms with Crippen LogP contribution in [0, 0.1) is 0 Å². The fourth-order valence-corrected chi connectivity index (χ4v) is 3.25. The van der Waals surface area contributed by atoms with Gasteiger partial charge in [-0.1, -0.05) is 97.1 Å². The fraction of sp³-hybridized carbons (Fsp3) is 0.0667. The maximum atomic E-state index is 9.89. The molecule has 4 rings (SSSR count). The van der Waals surface area contributed by atoms with Crippen molar-refractivity contribution in [1.82, 2.24) is 0 Å². The molecule has 0 unspecified atom stereocenters. The quantitative estimate of drug-likeness (QED) is 0.121. The zero-order chi connectivity index (χ0) is 24.2. The molecule has 0 atom stereocenters. The molecule has 4 aromatic rings. The molecule has 0 saturated heterocycles. The molecule has 0 bridgehead atoms. The molecule has 0 amide bonds. The molecule has 2 N–H and O–H groups in total. The predicted octanol–water partition coefficient (Wildman–Crippen LogP) is 6.05. The molecule has 0 spiro atoms. The van der Waals surface area contributed by atoms with Crippen LogP contribution >= 0.6 is 0 Å². The average molecular weight is 505 g/mol. The van der Waals surface area contributed by atoms with Crippen LogP contribution in [0.4, 0.5) is 0 Å². The molecule has 5 heteroatoms. The topological polar surface area (TPSA) is 87.4 Å². The Labute approximate surface area is 216 Å². The normalized spacial score (nSPS) is 9.60. The summed E-state index contributed by atoms with van der Waals surface area (Å²) in [6.07, 6.45) is 0.294. The van der Waals surface area contributed by atoms with E-state index in [1.165, 1.54) is 0 Å². The Morgan fingerprint density at radius 3 is 0.914 bits per heavy atom. The standard InChI is InChI=1S/2C15H12NO.Ni/c2*16-14(12-7-3-1-4-8-12)11-15(17)13-9-5-2-6-10-13;/h2*1-10H,11H2;/q2*-1;+2/p+2. The van der Waals surface area contributed by atoms with Crippen LogP contribution in [-0.2, 0) is 16.5 Å². The number of ketones is 2. The fourth-order valence-electron chi connectivity index (χ4n) is 3.25. The third-order valence-electron chi connectivity index (χ3n) is 5.10. The van der Waals surface area contributed by atoms with Crippen molar-refractivity contribution in [2.45, 2.75) is 12.8 Å². The van der Waals surface area contributed by atoms with Gasteiger partial charge < -0.3 is 10.8 Å². The van der Waals surface area contributed by atoms with Crippen molar-refractivity contribution in [3.63, 3.8) is 0 Å². The Morgan fingerprint density at radius 2 is 0.657 bits per heavy atom. The summed E-state index contributed by atoms with van der Waals surface area (Å²) in [5, 5.41) is 19.8. The molecule has 176 valence electrons. The second-order valence-corrected chi connectivity index (χ2v) is 7.60. The molecule has 0 heterocycles. The Morgan fingerprint density at radius 1 is 0.429 bits per heavy atom. The van der Waals surface area contributed by atoms with E-state index < -0.39 is 0 Å². The minimum atomic E-state index is 0. The van der Waals surface area contributed by atoms with E-state index >= 15 is 0 Å². The van der Waals surface area contributed by atoms with E-state index in [1.54, 1.807) is 0 Å². The van der Waals surface area contributed by atoms with Crippen LogP contribution in [0.1, 0.15) is 35.1 Å². The summed E-state index contributed by atoms with van der Waals surface area (Å²) in [4.78, 5) is 19.8. The number of hydrogen-bond acceptors (Lipinski definition) is 0. The summed E-state index contributed by atoms with van der Waals surface area (Å²) in [7, 11) is 0. The Kier molecular flexibility index (Phi) is 11.2. The van der Waals surface area contributed by atoms with E-state index in [9.17, 15) is 20.4 Å². The minimum absolute atomic E-state index is 0. The van der Waals surface area contributed by atoms with Gasteiger partial charge >= 0.3 is 28.1 Å². The van der Waals surface area contributed by atoms with Crippen molar-refractivity contribution >= 4 is 23.0 Å². The number of nitrogens with zero attached hydrogens (tertiary/aromatic N) is 2. The molecule has 0 aliphatic rings. The zero-order valence-electron chi connectivity index (χ0n) is 19.1. The largest absolute Gasteiger partial charge is 2.00 e. The van der Waals surface area contributed by atoms with Crippen LogP contribution in [-0.4, -0.2) is 32.6 Å². The van der Waals surface area contributed by atoms with Crippen molar-refractivity contribution in [1.29, 1.82) is 0 Å². The van der Waals surface area contributed by atoms with Crippen molar-refractivity contribution in [2.75, 3.05) is 0 Å². The van der Waals surface area contributed by atoms with E-state index in [1.807, 2.05) is 121 Å². The van der Waals surface area contributed by atoms with Crippen molar-refractivity contribution in [2.24, 2.45) is 0 Å². The van der Waals surface area contributed by atoms with Crippen LogP contribution < -0.4 is 0 Å². The molecule has 0 radical (unpaired) electrons. The van der Waals surface area contributed by atoms with Gasteiger partial charge in [0.25, 0.3) is 0 Å². The third-order valence-corrected chi connectivity index (χ3v) is 5.10. The van der Waals surface area contributed by atoms with Gasteiger partial charge in [0.2, 0.25) is 0 Å². The summed E-state index contributed by atoms with van der Waals surface area (Å²) < 4.78 is 0. The first-order valence-electron chi connectivity index (χ1n) is 11.0. The molecule has 0 aliphatic heterocycles. The molecular formula is C30H26N2NiO2+2. The van der Waals surface area contributed by atoms with Gasteiger partial charge in [-0.15, -0.1) is 0 Å². The average Bonchev–Trinajstić information content (AvgIpc) is 2.91.